The number of aliphatic imine (C=N–C) groups is 1. The summed E-state index contributed by atoms with van der Waals surface area (Å²) in [6, 6.07) is 8.41. The number of hydrogen-bond acceptors (Lipinski definition) is 4. The van der Waals surface area contributed by atoms with Gasteiger partial charge in [-0.1, -0.05) is 37.5 Å². The second-order valence-corrected chi connectivity index (χ2v) is 8.21. The van der Waals surface area contributed by atoms with Crippen molar-refractivity contribution in [1.82, 2.24) is 30.7 Å². The van der Waals surface area contributed by atoms with Gasteiger partial charge in [-0.25, -0.2) is 4.98 Å². The molecule has 3 N–H and O–H groups in total. The number of likely N-dealkylation sites (tertiary alicyclic amines) is 1. The Morgan fingerprint density at radius 1 is 1.27 bits per heavy atom. The maximum absolute atomic E-state index is 12.8. The molecule has 1 saturated carbocycles. The highest BCUT2D eigenvalue weighted by atomic mass is 16.2. The van der Waals surface area contributed by atoms with Crippen molar-refractivity contribution < 1.29 is 4.79 Å². The Bertz CT molecular complexity index is 858. The van der Waals surface area contributed by atoms with Gasteiger partial charge >= 0.3 is 0 Å². The van der Waals surface area contributed by atoms with Gasteiger partial charge in [0, 0.05) is 44.2 Å². The maximum Gasteiger partial charge on any atom is 0.225 e. The first-order valence-electron chi connectivity index (χ1n) is 10.9. The molecule has 160 valence electrons. The summed E-state index contributed by atoms with van der Waals surface area (Å²) in [5.41, 5.74) is 2.13. The molecule has 2 heterocycles. The molecule has 0 spiro atoms. The number of guanidine groups is 1. The Balaban J connectivity index is 1.27. The van der Waals surface area contributed by atoms with Gasteiger partial charge in [0.1, 0.15) is 6.33 Å². The van der Waals surface area contributed by atoms with Crippen LogP contribution in [-0.4, -0.2) is 58.1 Å². The number of nitrogens with one attached hydrogen (secondary N) is 3. The van der Waals surface area contributed by atoms with Crippen LogP contribution in [0.5, 0.6) is 0 Å². The quantitative estimate of drug-likeness (QED) is 0.520. The van der Waals surface area contributed by atoms with Crippen LogP contribution in [0.15, 0.2) is 35.6 Å². The first-order chi connectivity index (χ1) is 14.7. The number of H-pyrrole nitrogens is 1. The summed E-state index contributed by atoms with van der Waals surface area (Å²) in [4.78, 5) is 23.4. The third-order valence-electron chi connectivity index (χ3n) is 6.09. The lowest BCUT2D eigenvalue weighted by Gasteiger charge is -2.26. The number of aromatic amines is 1. The summed E-state index contributed by atoms with van der Waals surface area (Å²) in [7, 11) is 1.78. The Kier molecular flexibility index (Phi) is 6.61. The van der Waals surface area contributed by atoms with Gasteiger partial charge in [-0.3, -0.25) is 14.9 Å². The molecule has 1 aliphatic carbocycles. The minimum atomic E-state index is 0.240. The lowest BCUT2D eigenvalue weighted by atomic mass is 9.88. The molecule has 1 aromatic heterocycles. The van der Waals surface area contributed by atoms with Crippen molar-refractivity contribution >= 4 is 11.9 Å². The lowest BCUT2D eigenvalue weighted by Crippen LogP contribution is -2.45. The molecule has 0 bridgehead atoms. The van der Waals surface area contributed by atoms with E-state index in [1.54, 1.807) is 7.05 Å². The van der Waals surface area contributed by atoms with Gasteiger partial charge in [0.25, 0.3) is 0 Å². The number of nitrogens with zero attached hydrogens (tertiary/aromatic N) is 4. The summed E-state index contributed by atoms with van der Waals surface area (Å²) in [6.07, 6.45) is 8.25. The highest BCUT2D eigenvalue weighted by Gasteiger charge is 2.31. The van der Waals surface area contributed by atoms with E-state index in [9.17, 15) is 4.79 Å². The molecule has 0 radical (unpaired) electrons. The second-order valence-electron chi connectivity index (χ2n) is 8.21. The molecule has 1 atom stereocenters. The molecular formula is C22H31N7O. The average Bonchev–Trinajstić information content (AvgIpc) is 3.49. The Morgan fingerprint density at radius 2 is 2.13 bits per heavy atom. The van der Waals surface area contributed by atoms with E-state index in [1.165, 1.54) is 25.6 Å². The van der Waals surface area contributed by atoms with E-state index in [-0.39, 0.29) is 12.0 Å². The van der Waals surface area contributed by atoms with E-state index >= 15 is 0 Å². The largest absolute Gasteiger partial charge is 0.352 e. The zero-order valence-corrected chi connectivity index (χ0v) is 17.6. The van der Waals surface area contributed by atoms with Crippen molar-refractivity contribution in [3.8, 4) is 11.4 Å². The fraction of sp³-hybridized carbons (Fsp3) is 0.545. The van der Waals surface area contributed by atoms with Crippen LogP contribution in [0.3, 0.4) is 0 Å². The standard InChI is InChI=1S/C22H31N7O/c1-23-22(24-13-16-6-5-9-18(12-16)20-25-15-26-28-20)27-19-10-11-29(14-19)21(30)17-7-3-2-4-8-17/h5-6,9,12,15,17,19H,2-4,7-8,10-11,13-14H2,1H3,(H2,23,24,27)(H,25,26,28). The van der Waals surface area contributed by atoms with Crippen LogP contribution in [0.2, 0.25) is 0 Å². The van der Waals surface area contributed by atoms with Crippen molar-refractivity contribution in [1.29, 1.82) is 0 Å². The second kappa shape index (κ2) is 9.73. The molecule has 8 heteroatoms. The maximum atomic E-state index is 12.8. The van der Waals surface area contributed by atoms with Gasteiger partial charge in [-0.2, -0.15) is 5.10 Å². The first kappa shape index (κ1) is 20.4. The average molecular weight is 410 g/mol. The van der Waals surface area contributed by atoms with Crippen molar-refractivity contribution in [3.05, 3.63) is 36.2 Å². The molecule has 1 amide bonds. The van der Waals surface area contributed by atoms with Crippen LogP contribution >= 0.6 is 0 Å². The third-order valence-corrected chi connectivity index (χ3v) is 6.09. The molecule has 2 aromatic rings. The van der Waals surface area contributed by atoms with E-state index in [4.69, 9.17) is 0 Å². The van der Waals surface area contributed by atoms with Gasteiger partial charge in [-0.05, 0) is 30.9 Å². The zero-order chi connectivity index (χ0) is 20.8. The predicted octanol–water partition coefficient (Wildman–Crippen LogP) is 2.32. The highest BCUT2D eigenvalue weighted by molar-refractivity contribution is 5.81. The lowest BCUT2D eigenvalue weighted by molar-refractivity contribution is -0.135. The van der Waals surface area contributed by atoms with Crippen LogP contribution in [0.1, 0.15) is 44.1 Å². The molecule has 1 aliphatic heterocycles. The summed E-state index contributed by atoms with van der Waals surface area (Å²) in [5.74, 6) is 2.11. The number of carbonyl (C=O) groups excluding carboxylic acids is 1. The van der Waals surface area contributed by atoms with Crippen LogP contribution < -0.4 is 10.6 Å². The normalized spacial score (nSPS) is 20.4. The topological polar surface area (TPSA) is 98.3 Å². The number of rotatable bonds is 5. The van der Waals surface area contributed by atoms with Crippen LogP contribution in [0.25, 0.3) is 11.4 Å². The van der Waals surface area contributed by atoms with E-state index in [0.29, 0.717) is 12.5 Å². The van der Waals surface area contributed by atoms with Gasteiger partial charge in [0.2, 0.25) is 5.91 Å². The van der Waals surface area contributed by atoms with E-state index in [0.717, 1.165) is 55.3 Å². The fourth-order valence-corrected chi connectivity index (χ4v) is 4.43. The summed E-state index contributed by atoms with van der Waals surface area (Å²) in [6.45, 7) is 2.25. The monoisotopic (exact) mass is 409 g/mol. The smallest absolute Gasteiger partial charge is 0.225 e. The van der Waals surface area contributed by atoms with Gasteiger partial charge in [-0.15, -0.1) is 0 Å². The summed E-state index contributed by atoms with van der Waals surface area (Å²) >= 11 is 0. The zero-order valence-electron chi connectivity index (χ0n) is 17.6. The Hall–Kier alpha value is -2.90. The van der Waals surface area contributed by atoms with Gasteiger partial charge < -0.3 is 15.5 Å². The number of amides is 1. The van der Waals surface area contributed by atoms with Crippen molar-refractivity contribution in [2.75, 3.05) is 20.1 Å². The molecule has 2 fully saturated rings. The van der Waals surface area contributed by atoms with Crippen LogP contribution in [0, 0.1) is 5.92 Å². The molecular weight excluding hydrogens is 378 g/mol. The Labute approximate surface area is 177 Å². The van der Waals surface area contributed by atoms with Crippen molar-refractivity contribution in [2.45, 2.75) is 51.1 Å². The molecule has 30 heavy (non-hydrogen) atoms. The Morgan fingerprint density at radius 3 is 2.90 bits per heavy atom. The van der Waals surface area contributed by atoms with Crippen molar-refractivity contribution in [3.63, 3.8) is 0 Å². The minimum Gasteiger partial charge on any atom is -0.352 e. The first-order valence-corrected chi connectivity index (χ1v) is 10.9. The molecule has 2 aliphatic rings. The van der Waals surface area contributed by atoms with Gasteiger partial charge in [0.15, 0.2) is 11.8 Å². The predicted molar refractivity (Wildman–Crippen MR) is 117 cm³/mol. The molecule has 1 aromatic carbocycles. The third kappa shape index (κ3) is 4.98. The highest BCUT2D eigenvalue weighted by Crippen LogP contribution is 2.26. The minimum absolute atomic E-state index is 0.240. The number of carbonyl (C=O) groups is 1. The summed E-state index contributed by atoms with van der Waals surface area (Å²) in [5, 5.41) is 13.7. The molecule has 1 unspecified atom stereocenters. The molecule has 1 saturated heterocycles. The number of benzene rings is 1. The molecule has 4 rings (SSSR count). The molecule has 8 nitrogen and oxygen atoms in total. The SMILES string of the molecule is CN=C(NCc1cccc(-c2ncn[nH]2)c1)NC1CCN(C(=O)C2CCCCC2)C1. The summed E-state index contributed by atoms with van der Waals surface area (Å²) < 4.78 is 0. The number of aromatic nitrogens is 3. The number of hydrogen-bond donors (Lipinski definition) is 3. The van der Waals surface area contributed by atoms with E-state index in [1.807, 2.05) is 17.0 Å². The fourth-order valence-electron chi connectivity index (χ4n) is 4.43. The van der Waals surface area contributed by atoms with Crippen molar-refractivity contribution in [2.24, 2.45) is 10.9 Å². The van der Waals surface area contributed by atoms with E-state index < -0.39 is 0 Å². The van der Waals surface area contributed by atoms with Crippen LogP contribution in [0.4, 0.5) is 0 Å². The van der Waals surface area contributed by atoms with E-state index in [2.05, 4.69) is 42.9 Å². The van der Waals surface area contributed by atoms with Crippen LogP contribution in [-0.2, 0) is 11.3 Å². The van der Waals surface area contributed by atoms with Gasteiger partial charge in [0.05, 0.1) is 0 Å².